The lowest BCUT2D eigenvalue weighted by Crippen LogP contribution is -2.38. The number of carbonyl (C=O) groups excluding carboxylic acids is 1. The molecule has 2 aliphatic rings. The number of hydrogen-bond donors (Lipinski definition) is 1. The molecule has 0 aromatic heterocycles. The fourth-order valence-corrected chi connectivity index (χ4v) is 4.63. The van der Waals surface area contributed by atoms with Crippen molar-refractivity contribution in [3.05, 3.63) is 60.6 Å². The van der Waals surface area contributed by atoms with Crippen LogP contribution in [0.3, 0.4) is 0 Å². The molecular weight excluding hydrogens is 376 g/mol. The molecular formula is C20H26N4O3S. The number of allylic oxidation sites excluding steroid dienone is 3. The van der Waals surface area contributed by atoms with Crippen LogP contribution in [0.15, 0.2) is 65.5 Å². The summed E-state index contributed by atoms with van der Waals surface area (Å²) in [6, 6.07) is 6.76. The molecule has 1 N–H and O–H groups in total. The first-order chi connectivity index (χ1) is 13.4. The molecule has 0 radical (unpaired) electrons. The van der Waals surface area contributed by atoms with E-state index < -0.39 is 10.0 Å². The Morgan fingerprint density at radius 3 is 2.64 bits per heavy atom. The predicted octanol–water partition coefficient (Wildman–Crippen LogP) is 2.23. The van der Waals surface area contributed by atoms with Crippen molar-refractivity contribution in [2.75, 3.05) is 32.2 Å². The number of piperidine rings is 1. The molecule has 0 spiro atoms. The molecule has 0 amide bonds. The molecule has 0 aliphatic carbocycles. The highest BCUT2D eigenvalue weighted by molar-refractivity contribution is 7.89. The van der Waals surface area contributed by atoms with E-state index in [4.69, 9.17) is 0 Å². The van der Waals surface area contributed by atoms with Gasteiger partial charge in [-0.3, -0.25) is 15.2 Å². The third-order valence-corrected chi connectivity index (χ3v) is 6.47. The van der Waals surface area contributed by atoms with Crippen LogP contribution in [-0.2, 0) is 14.8 Å². The van der Waals surface area contributed by atoms with E-state index in [1.54, 1.807) is 63.0 Å². The third-order valence-electron chi connectivity index (χ3n) is 4.58. The number of carbonyl (C=O) groups is 1. The van der Waals surface area contributed by atoms with E-state index in [-0.39, 0.29) is 10.7 Å². The molecule has 2 aliphatic heterocycles. The average Bonchev–Trinajstić information content (AvgIpc) is 2.73. The highest BCUT2D eigenvalue weighted by atomic mass is 32.2. The van der Waals surface area contributed by atoms with Crippen LogP contribution >= 0.6 is 0 Å². The number of hydrazine groups is 1. The largest absolute Gasteiger partial charge is 0.383 e. The molecule has 8 heteroatoms. The normalized spacial score (nSPS) is 18.1. The van der Waals surface area contributed by atoms with E-state index in [0.717, 1.165) is 19.3 Å². The van der Waals surface area contributed by atoms with Crippen LogP contribution in [0, 0.1) is 0 Å². The molecule has 1 aromatic carbocycles. The smallest absolute Gasteiger partial charge is 0.243 e. The van der Waals surface area contributed by atoms with E-state index in [2.05, 4.69) is 5.43 Å². The second-order valence-corrected chi connectivity index (χ2v) is 8.95. The van der Waals surface area contributed by atoms with Gasteiger partial charge in [0.15, 0.2) is 0 Å². The van der Waals surface area contributed by atoms with Crippen LogP contribution < -0.4 is 10.4 Å². The van der Waals surface area contributed by atoms with Crippen molar-refractivity contribution >= 4 is 21.5 Å². The van der Waals surface area contributed by atoms with Gasteiger partial charge in [0.1, 0.15) is 5.70 Å². The number of rotatable bonds is 6. The number of hydrogen-bond acceptors (Lipinski definition) is 6. The van der Waals surface area contributed by atoms with Crippen molar-refractivity contribution in [3.8, 4) is 0 Å². The summed E-state index contributed by atoms with van der Waals surface area (Å²) in [7, 11) is 0.166. The highest BCUT2D eigenvalue weighted by Gasteiger charge is 2.26. The van der Waals surface area contributed by atoms with E-state index >= 15 is 0 Å². The first-order valence-electron chi connectivity index (χ1n) is 9.31. The van der Waals surface area contributed by atoms with Crippen LogP contribution in [-0.4, -0.2) is 50.6 Å². The number of anilines is 1. The van der Waals surface area contributed by atoms with Crippen LogP contribution in [0.1, 0.15) is 19.3 Å². The number of sulfonamides is 1. The van der Waals surface area contributed by atoms with Crippen LogP contribution in [0.5, 0.6) is 0 Å². The molecule has 0 atom stereocenters. The summed E-state index contributed by atoms with van der Waals surface area (Å²) in [6.07, 6.45) is 11.2. The van der Waals surface area contributed by atoms with Gasteiger partial charge >= 0.3 is 0 Å². The maximum atomic E-state index is 12.9. The molecule has 0 unspecified atom stereocenters. The first kappa shape index (κ1) is 20.2. The number of benzene rings is 1. The summed E-state index contributed by atoms with van der Waals surface area (Å²) in [5.74, 6) is -0.167. The van der Waals surface area contributed by atoms with Gasteiger partial charge in [0.05, 0.1) is 10.6 Å². The maximum Gasteiger partial charge on any atom is 0.243 e. The highest BCUT2D eigenvalue weighted by Crippen LogP contribution is 2.25. The van der Waals surface area contributed by atoms with Gasteiger partial charge in [0, 0.05) is 45.7 Å². The Labute approximate surface area is 166 Å². The second-order valence-electron chi connectivity index (χ2n) is 7.01. The van der Waals surface area contributed by atoms with Gasteiger partial charge in [0.2, 0.25) is 15.8 Å². The van der Waals surface area contributed by atoms with Gasteiger partial charge < -0.3 is 4.90 Å². The van der Waals surface area contributed by atoms with Crippen molar-refractivity contribution in [3.63, 3.8) is 0 Å². The predicted molar refractivity (Wildman–Crippen MR) is 110 cm³/mol. The lowest BCUT2D eigenvalue weighted by atomic mass is 10.2. The topological polar surface area (TPSA) is 73.0 Å². The van der Waals surface area contributed by atoms with Crippen LogP contribution in [0.25, 0.3) is 0 Å². The summed E-state index contributed by atoms with van der Waals surface area (Å²) in [4.78, 5) is 14.3. The summed E-state index contributed by atoms with van der Waals surface area (Å²) in [5.41, 5.74) is 4.08. The zero-order chi connectivity index (χ0) is 20.1. The van der Waals surface area contributed by atoms with Crippen molar-refractivity contribution in [2.45, 2.75) is 24.2 Å². The number of nitrogens with one attached hydrogen (secondary N) is 1. The third kappa shape index (κ3) is 4.63. The minimum atomic E-state index is -3.51. The van der Waals surface area contributed by atoms with Crippen LogP contribution in [0.4, 0.5) is 5.69 Å². The lowest BCUT2D eigenvalue weighted by molar-refractivity contribution is -0.111. The molecule has 1 fully saturated rings. The zero-order valence-corrected chi connectivity index (χ0v) is 17.0. The van der Waals surface area contributed by atoms with E-state index in [9.17, 15) is 13.2 Å². The van der Waals surface area contributed by atoms with Gasteiger partial charge in [-0.2, -0.15) is 4.31 Å². The van der Waals surface area contributed by atoms with E-state index in [1.807, 2.05) is 14.1 Å². The monoisotopic (exact) mass is 402 g/mol. The maximum absolute atomic E-state index is 12.9. The fourth-order valence-electron chi connectivity index (χ4n) is 3.07. The number of nitrogens with zero attached hydrogens (tertiary/aromatic N) is 3. The molecule has 150 valence electrons. The van der Waals surface area contributed by atoms with E-state index in [0.29, 0.717) is 24.5 Å². The second kappa shape index (κ2) is 8.62. The standard InChI is InChI=1S/C20H26N4O3S/c1-22(2)15-11-20(25)19-10-7-14-24(21-19)17-8-6-9-18(16-17)28(26,27)23-12-4-3-5-13-23/h6-11,14-16,21H,3-5,12-13H2,1-2H3/b15-11+. The molecule has 0 bridgehead atoms. The summed E-state index contributed by atoms with van der Waals surface area (Å²) < 4.78 is 27.4. The van der Waals surface area contributed by atoms with Gasteiger partial charge in [-0.15, -0.1) is 0 Å². The fraction of sp³-hybridized carbons (Fsp3) is 0.350. The van der Waals surface area contributed by atoms with Gasteiger partial charge in [-0.25, -0.2) is 8.42 Å². The Morgan fingerprint density at radius 1 is 1.18 bits per heavy atom. The molecule has 0 saturated carbocycles. The minimum absolute atomic E-state index is 0.167. The molecule has 3 rings (SSSR count). The molecule has 7 nitrogen and oxygen atoms in total. The Morgan fingerprint density at radius 2 is 1.93 bits per heavy atom. The lowest BCUT2D eigenvalue weighted by Gasteiger charge is -2.28. The van der Waals surface area contributed by atoms with Crippen LogP contribution in [0.2, 0.25) is 0 Å². The quantitative estimate of drug-likeness (QED) is 0.736. The van der Waals surface area contributed by atoms with Crippen molar-refractivity contribution in [2.24, 2.45) is 0 Å². The molecule has 28 heavy (non-hydrogen) atoms. The summed E-state index contributed by atoms with van der Waals surface area (Å²) in [5, 5.41) is 1.64. The van der Waals surface area contributed by atoms with Gasteiger partial charge in [-0.1, -0.05) is 12.5 Å². The Kier molecular flexibility index (Phi) is 6.21. The Balaban J connectivity index is 1.78. The molecule has 1 saturated heterocycles. The number of ketones is 1. The van der Waals surface area contributed by atoms with Gasteiger partial charge in [-0.05, 0) is 43.2 Å². The van der Waals surface area contributed by atoms with E-state index in [1.165, 1.54) is 6.08 Å². The zero-order valence-electron chi connectivity index (χ0n) is 16.2. The minimum Gasteiger partial charge on any atom is -0.383 e. The average molecular weight is 403 g/mol. The van der Waals surface area contributed by atoms with Crippen molar-refractivity contribution in [1.29, 1.82) is 0 Å². The summed E-state index contributed by atoms with van der Waals surface area (Å²) >= 11 is 0. The Bertz CT molecular complexity index is 913. The Hall–Kier alpha value is -2.58. The first-order valence-corrected chi connectivity index (χ1v) is 10.8. The van der Waals surface area contributed by atoms with Gasteiger partial charge in [0.25, 0.3) is 0 Å². The van der Waals surface area contributed by atoms with Crippen molar-refractivity contribution in [1.82, 2.24) is 14.6 Å². The summed E-state index contributed by atoms with van der Waals surface area (Å²) in [6.45, 7) is 1.13. The molecule has 1 aromatic rings. The molecule has 2 heterocycles. The SMILES string of the molecule is CN(C)/C=C/C(=O)C1=CC=CN(c2cccc(S(=O)(=O)N3CCCCC3)c2)N1. The van der Waals surface area contributed by atoms with Crippen molar-refractivity contribution < 1.29 is 13.2 Å².